The first-order valence-corrected chi connectivity index (χ1v) is 8.26. The van der Waals surface area contributed by atoms with E-state index in [1.165, 1.54) is 4.90 Å². The highest BCUT2D eigenvalue weighted by molar-refractivity contribution is 9.10. The molecule has 20 heavy (non-hydrogen) atoms. The molecule has 0 fully saturated rings. The van der Waals surface area contributed by atoms with Crippen LogP contribution in [-0.2, 0) is 4.79 Å². The van der Waals surface area contributed by atoms with Crippen molar-refractivity contribution in [2.45, 2.75) is 17.7 Å². The Bertz CT molecular complexity index is 559. The van der Waals surface area contributed by atoms with Gasteiger partial charge in [0.25, 0.3) is 0 Å². The third-order valence-corrected chi connectivity index (χ3v) is 4.50. The second-order valence-corrected chi connectivity index (χ2v) is 6.32. The van der Waals surface area contributed by atoms with Crippen molar-refractivity contribution in [3.63, 3.8) is 0 Å². The van der Waals surface area contributed by atoms with E-state index in [1.807, 2.05) is 42.5 Å². The minimum Gasteiger partial charge on any atom is -0.325 e. The largest absolute Gasteiger partial charge is 0.325 e. The van der Waals surface area contributed by atoms with Gasteiger partial charge in [0, 0.05) is 15.8 Å². The molecule has 0 aliphatic rings. The molecule has 0 aliphatic heterocycles. The maximum absolute atomic E-state index is 11.8. The molecule has 0 atom stereocenters. The molecule has 0 aliphatic carbocycles. The molecule has 0 saturated heterocycles. The zero-order valence-electron chi connectivity index (χ0n) is 11.0. The number of amides is 1. The molecule has 2 aromatic carbocycles. The molecular weight excluding hydrogens is 334 g/mol. The van der Waals surface area contributed by atoms with Crippen molar-refractivity contribution in [2.75, 3.05) is 11.1 Å². The Balaban J connectivity index is 1.69. The molecule has 4 heteroatoms. The van der Waals surface area contributed by atoms with Crippen molar-refractivity contribution in [2.24, 2.45) is 0 Å². The minimum atomic E-state index is 0.0607. The average Bonchev–Trinajstić information content (AvgIpc) is 2.47. The number of anilines is 1. The number of rotatable bonds is 6. The Morgan fingerprint density at radius 1 is 1.05 bits per heavy atom. The molecule has 1 amide bonds. The van der Waals surface area contributed by atoms with E-state index < -0.39 is 0 Å². The van der Waals surface area contributed by atoms with E-state index in [-0.39, 0.29) is 5.91 Å². The van der Waals surface area contributed by atoms with Crippen LogP contribution in [0.3, 0.4) is 0 Å². The summed E-state index contributed by atoms with van der Waals surface area (Å²) in [6.45, 7) is 0. The van der Waals surface area contributed by atoms with Gasteiger partial charge in [0.15, 0.2) is 0 Å². The number of nitrogens with one attached hydrogen (secondary N) is 1. The lowest BCUT2D eigenvalue weighted by Gasteiger charge is -2.07. The Hall–Kier alpha value is -1.26. The molecule has 104 valence electrons. The van der Waals surface area contributed by atoms with Gasteiger partial charge in [0.05, 0.1) is 5.69 Å². The number of hydrogen-bond acceptors (Lipinski definition) is 2. The number of hydrogen-bond donors (Lipinski definition) is 1. The minimum absolute atomic E-state index is 0.0607. The second-order valence-electron chi connectivity index (χ2n) is 4.29. The first-order valence-electron chi connectivity index (χ1n) is 6.48. The fourth-order valence-electron chi connectivity index (χ4n) is 1.71. The maximum atomic E-state index is 11.8. The van der Waals surface area contributed by atoms with Gasteiger partial charge in [-0.3, -0.25) is 4.79 Å². The topological polar surface area (TPSA) is 29.1 Å². The van der Waals surface area contributed by atoms with Gasteiger partial charge < -0.3 is 5.32 Å². The Morgan fingerprint density at radius 2 is 1.75 bits per heavy atom. The van der Waals surface area contributed by atoms with Crippen LogP contribution in [-0.4, -0.2) is 11.7 Å². The van der Waals surface area contributed by atoms with Gasteiger partial charge >= 0.3 is 0 Å². The standard InChI is InChI=1S/C16H16BrNOS/c17-14-9-4-5-10-15(14)18-16(19)11-6-12-20-13-7-2-1-3-8-13/h1-5,7-10H,6,11-12H2,(H,18,19). The van der Waals surface area contributed by atoms with Crippen LogP contribution < -0.4 is 5.32 Å². The highest BCUT2D eigenvalue weighted by atomic mass is 79.9. The molecule has 0 aromatic heterocycles. The Labute approximate surface area is 132 Å². The van der Waals surface area contributed by atoms with Crippen LogP contribution in [0.1, 0.15) is 12.8 Å². The molecule has 2 aromatic rings. The van der Waals surface area contributed by atoms with Gasteiger partial charge in [-0.2, -0.15) is 0 Å². The van der Waals surface area contributed by atoms with E-state index in [1.54, 1.807) is 11.8 Å². The molecule has 0 heterocycles. The molecular formula is C16H16BrNOS. The van der Waals surface area contributed by atoms with E-state index in [0.717, 1.165) is 22.3 Å². The molecule has 0 radical (unpaired) electrons. The van der Waals surface area contributed by atoms with Gasteiger partial charge in [-0.1, -0.05) is 30.3 Å². The summed E-state index contributed by atoms with van der Waals surface area (Å²) >= 11 is 5.20. The third-order valence-electron chi connectivity index (χ3n) is 2.71. The monoisotopic (exact) mass is 349 g/mol. The average molecular weight is 350 g/mol. The summed E-state index contributed by atoms with van der Waals surface area (Å²) in [6.07, 6.45) is 1.41. The summed E-state index contributed by atoms with van der Waals surface area (Å²) in [5.41, 5.74) is 0.827. The normalized spacial score (nSPS) is 10.2. The predicted molar refractivity (Wildman–Crippen MR) is 89.2 cm³/mol. The van der Waals surface area contributed by atoms with Gasteiger partial charge in [0.2, 0.25) is 5.91 Å². The number of thioether (sulfide) groups is 1. The summed E-state index contributed by atoms with van der Waals surface area (Å²) in [4.78, 5) is 13.1. The van der Waals surface area contributed by atoms with Crippen molar-refractivity contribution in [3.8, 4) is 0 Å². The number of benzene rings is 2. The third kappa shape index (κ3) is 5.02. The van der Waals surface area contributed by atoms with Crippen LogP contribution in [0.5, 0.6) is 0 Å². The summed E-state index contributed by atoms with van der Waals surface area (Å²) in [5.74, 6) is 1.01. The highest BCUT2D eigenvalue weighted by Crippen LogP contribution is 2.22. The van der Waals surface area contributed by atoms with E-state index >= 15 is 0 Å². The predicted octanol–water partition coefficient (Wildman–Crippen LogP) is 4.96. The summed E-state index contributed by atoms with van der Waals surface area (Å²) < 4.78 is 0.909. The quantitative estimate of drug-likeness (QED) is 0.589. The zero-order valence-corrected chi connectivity index (χ0v) is 13.4. The smallest absolute Gasteiger partial charge is 0.224 e. The Kier molecular flexibility index (Phi) is 6.15. The molecule has 2 nitrogen and oxygen atoms in total. The fourth-order valence-corrected chi connectivity index (χ4v) is 2.97. The lowest BCUT2D eigenvalue weighted by atomic mass is 10.3. The maximum Gasteiger partial charge on any atom is 0.224 e. The van der Waals surface area contributed by atoms with Crippen LogP contribution in [0.15, 0.2) is 64.0 Å². The van der Waals surface area contributed by atoms with Gasteiger partial charge in [-0.05, 0) is 52.4 Å². The first kappa shape index (κ1) is 15.1. The van der Waals surface area contributed by atoms with Gasteiger partial charge in [-0.25, -0.2) is 0 Å². The summed E-state index contributed by atoms with van der Waals surface area (Å²) in [6, 6.07) is 17.9. The lowest BCUT2D eigenvalue weighted by molar-refractivity contribution is -0.116. The van der Waals surface area contributed by atoms with Crippen LogP contribution in [0.2, 0.25) is 0 Å². The lowest BCUT2D eigenvalue weighted by Crippen LogP contribution is -2.11. The van der Waals surface area contributed by atoms with Crippen molar-refractivity contribution in [1.82, 2.24) is 0 Å². The van der Waals surface area contributed by atoms with Crippen molar-refractivity contribution in [1.29, 1.82) is 0 Å². The number of halogens is 1. The SMILES string of the molecule is O=C(CCCSc1ccccc1)Nc1ccccc1Br. The van der Waals surface area contributed by atoms with Gasteiger partial charge in [0.1, 0.15) is 0 Å². The fraction of sp³-hybridized carbons (Fsp3) is 0.188. The molecule has 1 N–H and O–H groups in total. The number of carbonyl (C=O) groups is 1. The van der Waals surface area contributed by atoms with E-state index in [2.05, 4.69) is 33.4 Å². The number of para-hydroxylation sites is 1. The highest BCUT2D eigenvalue weighted by Gasteiger charge is 2.04. The van der Waals surface area contributed by atoms with Crippen molar-refractivity contribution in [3.05, 3.63) is 59.1 Å². The van der Waals surface area contributed by atoms with Gasteiger partial charge in [-0.15, -0.1) is 11.8 Å². The van der Waals surface area contributed by atoms with E-state index in [4.69, 9.17) is 0 Å². The van der Waals surface area contributed by atoms with E-state index in [9.17, 15) is 4.79 Å². The summed E-state index contributed by atoms with van der Waals surface area (Å²) in [7, 11) is 0. The molecule has 0 unspecified atom stereocenters. The zero-order chi connectivity index (χ0) is 14.2. The first-order chi connectivity index (χ1) is 9.75. The second kappa shape index (κ2) is 8.12. The Morgan fingerprint density at radius 3 is 2.50 bits per heavy atom. The number of carbonyl (C=O) groups excluding carboxylic acids is 1. The van der Waals surface area contributed by atoms with Crippen LogP contribution in [0, 0.1) is 0 Å². The van der Waals surface area contributed by atoms with Crippen molar-refractivity contribution >= 4 is 39.3 Å². The molecule has 2 rings (SSSR count). The molecule has 0 spiro atoms. The van der Waals surface area contributed by atoms with Crippen LogP contribution in [0.25, 0.3) is 0 Å². The van der Waals surface area contributed by atoms with E-state index in [0.29, 0.717) is 6.42 Å². The van der Waals surface area contributed by atoms with Crippen LogP contribution >= 0.6 is 27.7 Å². The molecule has 0 bridgehead atoms. The summed E-state index contributed by atoms with van der Waals surface area (Å²) in [5, 5.41) is 2.91. The van der Waals surface area contributed by atoms with Crippen LogP contribution in [0.4, 0.5) is 5.69 Å². The molecule has 0 saturated carbocycles. The van der Waals surface area contributed by atoms with Crippen molar-refractivity contribution < 1.29 is 4.79 Å².